The number of imidazole rings is 1. The molecule has 6 heteroatoms. The van der Waals surface area contributed by atoms with Crippen LogP contribution in [-0.2, 0) is 6.42 Å². The Labute approximate surface area is 105 Å². The second kappa shape index (κ2) is 5.57. The number of hydrogen-bond acceptors (Lipinski definition) is 4. The smallest absolute Gasteiger partial charge is 0.224 e. The SMILES string of the molecule is CCCc1nccn1-c1nc(NCC)ncc1F. The van der Waals surface area contributed by atoms with Gasteiger partial charge in [0.2, 0.25) is 5.95 Å². The Morgan fingerprint density at radius 2 is 2.17 bits per heavy atom. The predicted octanol–water partition coefficient (Wildman–Crippen LogP) is 2.19. The molecule has 2 rings (SSSR count). The Hall–Kier alpha value is -1.98. The van der Waals surface area contributed by atoms with E-state index >= 15 is 0 Å². The Bertz CT molecular complexity index is 523. The zero-order valence-corrected chi connectivity index (χ0v) is 10.5. The third-order valence-electron chi connectivity index (χ3n) is 2.48. The van der Waals surface area contributed by atoms with Gasteiger partial charge < -0.3 is 5.32 Å². The Balaban J connectivity index is 2.42. The quantitative estimate of drug-likeness (QED) is 0.882. The summed E-state index contributed by atoms with van der Waals surface area (Å²) in [5.41, 5.74) is 0. The van der Waals surface area contributed by atoms with Crippen molar-refractivity contribution >= 4 is 5.95 Å². The first-order valence-electron chi connectivity index (χ1n) is 6.05. The summed E-state index contributed by atoms with van der Waals surface area (Å²) >= 11 is 0. The summed E-state index contributed by atoms with van der Waals surface area (Å²) < 4.78 is 15.5. The predicted molar refractivity (Wildman–Crippen MR) is 67.3 cm³/mol. The van der Waals surface area contributed by atoms with Crippen LogP contribution in [-0.4, -0.2) is 26.1 Å². The largest absolute Gasteiger partial charge is 0.354 e. The first-order chi connectivity index (χ1) is 8.76. The lowest BCUT2D eigenvalue weighted by Crippen LogP contribution is -2.09. The Morgan fingerprint density at radius 3 is 2.89 bits per heavy atom. The van der Waals surface area contributed by atoms with Crippen molar-refractivity contribution in [3.8, 4) is 5.82 Å². The molecule has 2 aromatic rings. The van der Waals surface area contributed by atoms with Gasteiger partial charge in [-0.3, -0.25) is 4.57 Å². The molecule has 0 aliphatic rings. The number of hydrogen-bond donors (Lipinski definition) is 1. The van der Waals surface area contributed by atoms with E-state index in [-0.39, 0.29) is 5.82 Å². The summed E-state index contributed by atoms with van der Waals surface area (Å²) in [6.45, 7) is 4.68. The standard InChI is InChI=1S/C12H16FN5/c1-3-5-10-15-6-7-18(10)11-9(13)8-16-12(17-11)14-4-2/h6-8H,3-5H2,1-2H3,(H,14,16,17). The maximum absolute atomic E-state index is 13.8. The van der Waals surface area contributed by atoms with E-state index in [4.69, 9.17) is 0 Å². The summed E-state index contributed by atoms with van der Waals surface area (Å²) in [5.74, 6) is 1.01. The number of nitrogens with zero attached hydrogens (tertiary/aromatic N) is 4. The lowest BCUT2D eigenvalue weighted by Gasteiger charge is -2.09. The highest BCUT2D eigenvalue weighted by Crippen LogP contribution is 2.14. The molecule has 2 aromatic heterocycles. The van der Waals surface area contributed by atoms with Crippen LogP contribution in [0.2, 0.25) is 0 Å². The fourth-order valence-corrected chi connectivity index (χ4v) is 1.71. The van der Waals surface area contributed by atoms with Gasteiger partial charge in [0, 0.05) is 25.4 Å². The van der Waals surface area contributed by atoms with Gasteiger partial charge in [-0.05, 0) is 13.3 Å². The highest BCUT2D eigenvalue weighted by molar-refractivity contribution is 5.34. The lowest BCUT2D eigenvalue weighted by atomic mass is 10.3. The molecule has 0 saturated heterocycles. The minimum absolute atomic E-state index is 0.238. The molecule has 0 aliphatic heterocycles. The number of aryl methyl sites for hydroxylation is 1. The average molecular weight is 249 g/mol. The topological polar surface area (TPSA) is 55.6 Å². The molecule has 0 aliphatic carbocycles. The molecule has 0 unspecified atom stereocenters. The van der Waals surface area contributed by atoms with Crippen molar-refractivity contribution < 1.29 is 4.39 Å². The zero-order valence-electron chi connectivity index (χ0n) is 10.5. The monoisotopic (exact) mass is 249 g/mol. The van der Waals surface area contributed by atoms with Crippen LogP contribution in [0.25, 0.3) is 5.82 Å². The van der Waals surface area contributed by atoms with Gasteiger partial charge in [0.15, 0.2) is 11.6 Å². The van der Waals surface area contributed by atoms with Crippen LogP contribution in [0.5, 0.6) is 0 Å². The molecule has 0 aromatic carbocycles. The van der Waals surface area contributed by atoms with Gasteiger partial charge in [-0.15, -0.1) is 0 Å². The van der Waals surface area contributed by atoms with Gasteiger partial charge in [-0.1, -0.05) is 6.92 Å². The molecule has 0 bridgehead atoms. The first-order valence-corrected chi connectivity index (χ1v) is 6.05. The third-order valence-corrected chi connectivity index (χ3v) is 2.48. The highest BCUT2D eigenvalue weighted by Gasteiger charge is 2.12. The fraction of sp³-hybridized carbons (Fsp3) is 0.417. The first kappa shape index (κ1) is 12.5. The maximum atomic E-state index is 13.8. The van der Waals surface area contributed by atoms with E-state index < -0.39 is 5.82 Å². The average Bonchev–Trinajstić information content (AvgIpc) is 2.81. The van der Waals surface area contributed by atoms with E-state index in [1.807, 2.05) is 6.92 Å². The van der Waals surface area contributed by atoms with Crippen LogP contribution in [0, 0.1) is 5.82 Å². The number of nitrogens with one attached hydrogen (secondary N) is 1. The summed E-state index contributed by atoms with van der Waals surface area (Å²) in [6.07, 6.45) is 6.28. The molecule has 0 radical (unpaired) electrons. The molecule has 0 spiro atoms. The van der Waals surface area contributed by atoms with Gasteiger partial charge in [0.05, 0.1) is 6.20 Å². The van der Waals surface area contributed by atoms with Crippen molar-refractivity contribution in [3.63, 3.8) is 0 Å². The van der Waals surface area contributed by atoms with Gasteiger partial charge in [-0.25, -0.2) is 14.4 Å². The van der Waals surface area contributed by atoms with Crippen molar-refractivity contribution in [2.75, 3.05) is 11.9 Å². The van der Waals surface area contributed by atoms with Crippen molar-refractivity contribution in [2.45, 2.75) is 26.7 Å². The number of aromatic nitrogens is 4. The summed E-state index contributed by atoms with van der Waals surface area (Å²) in [6, 6.07) is 0. The van der Waals surface area contributed by atoms with Crippen LogP contribution < -0.4 is 5.32 Å². The summed E-state index contributed by atoms with van der Waals surface area (Å²) in [5, 5.41) is 2.97. The zero-order chi connectivity index (χ0) is 13.0. The van der Waals surface area contributed by atoms with Gasteiger partial charge in [0.1, 0.15) is 5.82 Å². The van der Waals surface area contributed by atoms with Gasteiger partial charge >= 0.3 is 0 Å². The number of anilines is 1. The molecular formula is C12H16FN5. The molecule has 2 heterocycles. The van der Waals surface area contributed by atoms with Crippen molar-refractivity contribution in [1.29, 1.82) is 0 Å². The second-order valence-corrected chi connectivity index (χ2v) is 3.86. The summed E-state index contributed by atoms with van der Waals surface area (Å²) in [4.78, 5) is 12.3. The molecule has 0 amide bonds. The minimum Gasteiger partial charge on any atom is -0.354 e. The fourth-order valence-electron chi connectivity index (χ4n) is 1.71. The third kappa shape index (κ3) is 2.47. The van der Waals surface area contributed by atoms with Crippen LogP contribution in [0.1, 0.15) is 26.1 Å². The molecule has 0 saturated carbocycles. The number of rotatable bonds is 5. The normalized spacial score (nSPS) is 10.6. The second-order valence-electron chi connectivity index (χ2n) is 3.86. The summed E-state index contributed by atoms with van der Waals surface area (Å²) in [7, 11) is 0. The number of halogens is 1. The lowest BCUT2D eigenvalue weighted by molar-refractivity contribution is 0.597. The Kier molecular flexibility index (Phi) is 3.86. The van der Waals surface area contributed by atoms with Crippen molar-refractivity contribution in [3.05, 3.63) is 30.2 Å². The maximum Gasteiger partial charge on any atom is 0.224 e. The van der Waals surface area contributed by atoms with Crippen molar-refractivity contribution in [1.82, 2.24) is 19.5 Å². The van der Waals surface area contributed by atoms with Crippen LogP contribution in [0.15, 0.2) is 18.6 Å². The van der Waals surface area contributed by atoms with Crippen LogP contribution in [0.3, 0.4) is 0 Å². The molecule has 1 N–H and O–H groups in total. The van der Waals surface area contributed by atoms with Crippen LogP contribution in [0.4, 0.5) is 10.3 Å². The molecule has 96 valence electrons. The van der Waals surface area contributed by atoms with E-state index in [9.17, 15) is 4.39 Å². The van der Waals surface area contributed by atoms with Crippen molar-refractivity contribution in [2.24, 2.45) is 0 Å². The minimum atomic E-state index is -0.452. The van der Waals surface area contributed by atoms with E-state index in [1.54, 1.807) is 17.0 Å². The van der Waals surface area contributed by atoms with Gasteiger partial charge in [-0.2, -0.15) is 4.98 Å². The molecule has 0 atom stereocenters. The molecular weight excluding hydrogens is 233 g/mol. The van der Waals surface area contributed by atoms with Gasteiger partial charge in [0.25, 0.3) is 0 Å². The van der Waals surface area contributed by atoms with E-state index in [0.717, 1.165) is 18.7 Å². The van der Waals surface area contributed by atoms with E-state index in [1.165, 1.54) is 6.20 Å². The Morgan fingerprint density at radius 1 is 1.33 bits per heavy atom. The van der Waals surface area contributed by atoms with E-state index in [0.29, 0.717) is 12.5 Å². The highest BCUT2D eigenvalue weighted by atomic mass is 19.1. The molecule has 0 fully saturated rings. The van der Waals surface area contributed by atoms with E-state index in [2.05, 4.69) is 27.2 Å². The molecule has 18 heavy (non-hydrogen) atoms. The molecule has 5 nitrogen and oxygen atoms in total. The van der Waals surface area contributed by atoms with Crippen LogP contribution >= 0.6 is 0 Å².